The zero-order chi connectivity index (χ0) is 55.7. The number of allylic oxidation sites excluding steroid dienone is 14. The maximum Gasteiger partial charge on any atom is 0.306 e. The number of hydrogen-bond donors (Lipinski definition) is 0. The van der Waals surface area contributed by atoms with E-state index in [2.05, 4.69) is 106 Å². The van der Waals surface area contributed by atoms with Gasteiger partial charge in [0.05, 0.1) is 0 Å². The van der Waals surface area contributed by atoms with Crippen molar-refractivity contribution in [1.29, 1.82) is 0 Å². The standard InChI is InChI=1S/C71H124O6/c1-4-7-10-13-16-19-22-24-26-28-30-32-34-35-37-38-40-42-44-46-49-52-55-58-61-64-70(73)76-67-68(66-75-69(72)63-60-57-54-51-48-21-18-15-12-9-6-3)77-71(74)65-62-59-56-53-50-47-45-43-41-39-36-33-31-29-27-25-23-20-17-14-11-8-5-2/h7,10,16,19,23-26,29-32,35,37,68H,4-6,8-9,11-15,17-18,20-22,27-28,33-34,36,38-67H2,1-3H3/b10-7-,19-16-,25-23-,26-24-,31-29-,32-30-,37-35-. The zero-order valence-corrected chi connectivity index (χ0v) is 51.0. The summed E-state index contributed by atoms with van der Waals surface area (Å²) in [7, 11) is 0. The molecule has 0 aromatic heterocycles. The van der Waals surface area contributed by atoms with Gasteiger partial charge in [-0.15, -0.1) is 0 Å². The van der Waals surface area contributed by atoms with Gasteiger partial charge >= 0.3 is 17.9 Å². The third kappa shape index (κ3) is 63.3. The van der Waals surface area contributed by atoms with Gasteiger partial charge in [0.25, 0.3) is 0 Å². The van der Waals surface area contributed by atoms with Crippen LogP contribution in [0.1, 0.15) is 329 Å². The number of carbonyl (C=O) groups excluding carboxylic acids is 3. The molecule has 0 fully saturated rings. The molecule has 0 N–H and O–H groups in total. The van der Waals surface area contributed by atoms with Gasteiger partial charge in [0, 0.05) is 19.3 Å². The fourth-order valence-corrected chi connectivity index (χ4v) is 9.44. The van der Waals surface area contributed by atoms with Gasteiger partial charge in [-0.1, -0.05) is 298 Å². The summed E-state index contributed by atoms with van der Waals surface area (Å²) in [6.07, 6.45) is 85.9. The largest absolute Gasteiger partial charge is 0.462 e. The Morgan fingerprint density at radius 3 is 0.792 bits per heavy atom. The van der Waals surface area contributed by atoms with E-state index in [1.54, 1.807) is 0 Å². The van der Waals surface area contributed by atoms with Crippen molar-refractivity contribution in [2.45, 2.75) is 335 Å². The summed E-state index contributed by atoms with van der Waals surface area (Å²) in [6.45, 7) is 6.54. The Morgan fingerprint density at radius 1 is 0.273 bits per heavy atom. The molecular formula is C71H124O6. The Balaban J connectivity index is 4.27. The third-order valence-electron chi connectivity index (χ3n) is 14.4. The van der Waals surface area contributed by atoms with E-state index in [0.717, 1.165) is 103 Å². The van der Waals surface area contributed by atoms with Crippen LogP contribution in [0.4, 0.5) is 0 Å². The molecule has 1 atom stereocenters. The van der Waals surface area contributed by atoms with E-state index in [0.29, 0.717) is 19.3 Å². The molecule has 0 aliphatic heterocycles. The van der Waals surface area contributed by atoms with Gasteiger partial charge in [-0.3, -0.25) is 14.4 Å². The maximum absolute atomic E-state index is 12.9. The van der Waals surface area contributed by atoms with Crippen LogP contribution in [0.5, 0.6) is 0 Å². The van der Waals surface area contributed by atoms with Crippen molar-refractivity contribution < 1.29 is 28.6 Å². The molecule has 6 nitrogen and oxygen atoms in total. The number of carbonyl (C=O) groups is 3. The summed E-state index contributed by atoms with van der Waals surface area (Å²) in [5.74, 6) is -0.871. The molecule has 0 aliphatic carbocycles. The molecule has 0 bridgehead atoms. The highest BCUT2D eigenvalue weighted by Crippen LogP contribution is 2.17. The molecule has 0 rings (SSSR count). The number of unbranched alkanes of at least 4 members (excludes halogenated alkanes) is 35. The van der Waals surface area contributed by atoms with Crippen molar-refractivity contribution in [3.63, 3.8) is 0 Å². The van der Waals surface area contributed by atoms with E-state index in [9.17, 15) is 14.4 Å². The lowest BCUT2D eigenvalue weighted by atomic mass is 10.0. The Morgan fingerprint density at radius 2 is 0.506 bits per heavy atom. The molecule has 0 radical (unpaired) electrons. The highest BCUT2D eigenvalue weighted by atomic mass is 16.6. The first-order chi connectivity index (χ1) is 38.0. The van der Waals surface area contributed by atoms with Crippen LogP contribution in [0.15, 0.2) is 85.1 Å². The second kappa shape index (κ2) is 65.1. The van der Waals surface area contributed by atoms with Crippen LogP contribution in [0.25, 0.3) is 0 Å². The van der Waals surface area contributed by atoms with Gasteiger partial charge in [-0.05, 0) is 96.3 Å². The molecule has 0 heterocycles. The van der Waals surface area contributed by atoms with Gasteiger partial charge in [0.15, 0.2) is 6.10 Å². The highest BCUT2D eigenvalue weighted by molar-refractivity contribution is 5.71. The highest BCUT2D eigenvalue weighted by Gasteiger charge is 2.19. The van der Waals surface area contributed by atoms with Gasteiger partial charge in [-0.2, -0.15) is 0 Å². The summed E-state index contributed by atoms with van der Waals surface area (Å²) < 4.78 is 16.9. The molecular weight excluding hydrogens is 949 g/mol. The first-order valence-electron chi connectivity index (χ1n) is 33.1. The van der Waals surface area contributed by atoms with Crippen molar-refractivity contribution in [2.24, 2.45) is 0 Å². The second-order valence-corrected chi connectivity index (χ2v) is 22.0. The molecule has 0 saturated heterocycles. The number of esters is 3. The molecule has 0 aromatic carbocycles. The monoisotopic (exact) mass is 1070 g/mol. The zero-order valence-electron chi connectivity index (χ0n) is 51.0. The molecule has 0 aromatic rings. The van der Waals surface area contributed by atoms with Crippen molar-refractivity contribution in [2.75, 3.05) is 13.2 Å². The van der Waals surface area contributed by atoms with Crippen LogP contribution < -0.4 is 0 Å². The average molecular weight is 1070 g/mol. The van der Waals surface area contributed by atoms with Gasteiger partial charge in [0.2, 0.25) is 0 Å². The molecule has 6 heteroatoms. The van der Waals surface area contributed by atoms with E-state index in [-0.39, 0.29) is 31.1 Å². The molecule has 77 heavy (non-hydrogen) atoms. The molecule has 1 unspecified atom stereocenters. The Bertz CT molecular complexity index is 1470. The number of ether oxygens (including phenoxy) is 3. The van der Waals surface area contributed by atoms with E-state index >= 15 is 0 Å². The van der Waals surface area contributed by atoms with Crippen LogP contribution in [-0.4, -0.2) is 37.2 Å². The van der Waals surface area contributed by atoms with Crippen LogP contribution in [-0.2, 0) is 28.6 Å². The van der Waals surface area contributed by atoms with Crippen LogP contribution in [0.3, 0.4) is 0 Å². The summed E-state index contributed by atoms with van der Waals surface area (Å²) in [5, 5.41) is 0. The molecule has 0 aliphatic rings. The lowest BCUT2D eigenvalue weighted by Gasteiger charge is -2.18. The first-order valence-corrected chi connectivity index (χ1v) is 33.1. The van der Waals surface area contributed by atoms with Crippen LogP contribution in [0.2, 0.25) is 0 Å². The molecule has 444 valence electrons. The fourth-order valence-electron chi connectivity index (χ4n) is 9.44. The first kappa shape index (κ1) is 73.6. The fraction of sp³-hybridized carbons (Fsp3) is 0.761. The van der Waals surface area contributed by atoms with Crippen LogP contribution >= 0.6 is 0 Å². The predicted octanol–water partition coefficient (Wildman–Crippen LogP) is 22.7. The van der Waals surface area contributed by atoms with Gasteiger partial charge in [0.1, 0.15) is 13.2 Å². The minimum Gasteiger partial charge on any atom is -0.462 e. The Kier molecular flexibility index (Phi) is 62.2. The van der Waals surface area contributed by atoms with Crippen molar-refractivity contribution in [3.05, 3.63) is 85.1 Å². The topological polar surface area (TPSA) is 78.9 Å². The predicted molar refractivity (Wildman–Crippen MR) is 334 cm³/mol. The lowest BCUT2D eigenvalue weighted by Crippen LogP contribution is -2.30. The SMILES string of the molecule is CC/C=C\C/C=C\C/C=C\C/C=C\C/C=C\CCCCCCCCCCCC(=O)OCC(COC(=O)CCCCCCCCCCCCC)OC(=O)CCCCCCCCCCCCC/C=C\C/C=C\CCCCCCC. The van der Waals surface area contributed by atoms with E-state index in [4.69, 9.17) is 14.2 Å². The Labute approximate surface area is 477 Å². The third-order valence-corrected chi connectivity index (χ3v) is 14.4. The van der Waals surface area contributed by atoms with E-state index in [1.165, 1.54) is 186 Å². The molecule has 0 saturated carbocycles. The van der Waals surface area contributed by atoms with Crippen molar-refractivity contribution in [1.82, 2.24) is 0 Å². The second-order valence-electron chi connectivity index (χ2n) is 22.0. The minimum atomic E-state index is -0.779. The quantitative estimate of drug-likeness (QED) is 0.0261. The smallest absolute Gasteiger partial charge is 0.306 e. The van der Waals surface area contributed by atoms with E-state index < -0.39 is 6.10 Å². The number of hydrogen-bond acceptors (Lipinski definition) is 6. The van der Waals surface area contributed by atoms with Crippen LogP contribution in [0, 0.1) is 0 Å². The summed E-state index contributed by atoms with van der Waals surface area (Å²) in [6, 6.07) is 0. The van der Waals surface area contributed by atoms with E-state index in [1.807, 2.05) is 0 Å². The summed E-state index contributed by atoms with van der Waals surface area (Å²) in [4.78, 5) is 38.3. The summed E-state index contributed by atoms with van der Waals surface area (Å²) >= 11 is 0. The lowest BCUT2D eigenvalue weighted by molar-refractivity contribution is -0.167. The van der Waals surface area contributed by atoms with Gasteiger partial charge in [-0.25, -0.2) is 0 Å². The molecule has 0 amide bonds. The van der Waals surface area contributed by atoms with Crippen molar-refractivity contribution in [3.8, 4) is 0 Å². The normalized spacial score (nSPS) is 12.6. The Hall–Kier alpha value is -3.41. The van der Waals surface area contributed by atoms with Crippen molar-refractivity contribution >= 4 is 17.9 Å². The number of rotatable bonds is 60. The minimum absolute atomic E-state index is 0.0759. The van der Waals surface area contributed by atoms with Gasteiger partial charge < -0.3 is 14.2 Å². The molecule has 0 spiro atoms. The summed E-state index contributed by atoms with van der Waals surface area (Å²) in [5.41, 5.74) is 0. The average Bonchev–Trinajstić information content (AvgIpc) is 3.43. The maximum atomic E-state index is 12.9.